The lowest BCUT2D eigenvalue weighted by atomic mass is 9.97. The summed E-state index contributed by atoms with van der Waals surface area (Å²) in [4.78, 5) is 1.22. The maximum atomic E-state index is 13.4. The standard InChI is InChI=1S/C15H20FNOS/c1-10(11-4-6-18-9-11)17-14-5-7-19-15-3-2-12(16)8-13(14)15/h2-3,8,10-11,14,17H,4-7,9H2,1H3. The van der Waals surface area contributed by atoms with Crippen molar-refractivity contribution in [3.05, 3.63) is 29.6 Å². The third-order valence-electron chi connectivity index (χ3n) is 4.15. The predicted molar refractivity (Wildman–Crippen MR) is 76.0 cm³/mol. The highest BCUT2D eigenvalue weighted by Gasteiger charge is 2.27. The molecular formula is C15H20FNOS. The topological polar surface area (TPSA) is 21.3 Å². The van der Waals surface area contributed by atoms with Gasteiger partial charge >= 0.3 is 0 Å². The van der Waals surface area contributed by atoms with Gasteiger partial charge in [-0.3, -0.25) is 0 Å². The van der Waals surface area contributed by atoms with Gasteiger partial charge in [0, 0.05) is 23.6 Å². The molecule has 3 atom stereocenters. The molecule has 1 saturated heterocycles. The second-order valence-electron chi connectivity index (χ2n) is 5.45. The average molecular weight is 281 g/mol. The van der Waals surface area contributed by atoms with Crippen LogP contribution in [0.15, 0.2) is 23.1 Å². The molecule has 0 spiro atoms. The Bertz CT molecular complexity index is 448. The molecule has 0 aromatic heterocycles. The van der Waals surface area contributed by atoms with E-state index < -0.39 is 0 Å². The predicted octanol–water partition coefficient (Wildman–Crippen LogP) is 3.38. The zero-order chi connectivity index (χ0) is 13.2. The first-order valence-electron chi connectivity index (χ1n) is 7.00. The monoisotopic (exact) mass is 281 g/mol. The van der Waals surface area contributed by atoms with Crippen molar-refractivity contribution in [3.8, 4) is 0 Å². The molecule has 19 heavy (non-hydrogen) atoms. The number of ether oxygens (including phenoxy) is 1. The number of hydrogen-bond acceptors (Lipinski definition) is 3. The van der Waals surface area contributed by atoms with E-state index in [-0.39, 0.29) is 11.9 Å². The van der Waals surface area contributed by atoms with Crippen LogP contribution in [0, 0.1) is 11.7 Å². The quantitative estimate of drug-likeness (QED) is 0.918. The summed E-state index contributed by atoms with van der Waals surface area (Å²) in [5.74, 6) is 1.56. The van der Waals surface area contributed by atoms with Crippen molar-refractivity contribution in [3.63, 3.8) is 0 Å². The van der Waals surface area contributed by atoms with Gasteiger partial charge in [-0.15, -0.1) is 11.8 Å². The second kappa shape index (κ2) is 5.81. The molecule has 2 aliphatic heterocycles. The van der Waals surface area contributed by atoms with Gasteiger partial charge in [-0.1, -0.05) is 0 Å². The first kappa shape index (κ1) is 13.4. The Morgan fingerprint density at radius 3 is 3.11 bits per heavy atom. The molecule has 3 unspecified atom stereocenters. The fourth-order valence-electron chi connectivity index (χ4n) is 2.94. The van der Waals surface area contributed by atoms with Gasteiger partial charge in [0.25, 0.3) is 0 Å². The number of rotatable bonds is 3. The first-order valence-corrected chi connectivity index (χ1v) is 7.98. The molecule has 1 N–H and O–H groups in total. The Kier molecular flexibility index (Phi) is 4.10. The molecule has 2 heterocycles. The van der Waals surface area contributed by atoms with E-state index in [0.29, 0.717) is 12.0 Å². The second-order valence-corrected chi connectivity index (χ2v) is 6.59. The van der Waals surface area contributed by atoms with Crippen LogP contribution in [0.25, 0.3) is 0 Å². The van der Waals surface area contributed by atoms with E-state index in [1.54, 1.807) is 12.1 Å². The average Bonchev–Trinajstić information content (AvgIpc) is 2.93. The van der Waals surface area contributed by atoms with Crippen molar-refractivity contribution in [2.45, 2.75) is 36.7 Å². The fraction of sp³-hybridized carbons (Fsp3) is 0.600. The molecule has 1 aromatic carbocycles. The Hall–Kier alpha value is -0.580. The van der Waals surface area contributed by atoms with Crippen molar-refractivity contribution in [1.82, 2.24) is 5.32 Å². The number of benzene rings is 1. The van der Waals surface area contributed by atoms with Crippen LogP contribution in [0.2, 0.25) is 0 Å². The molecule has 0 bridgehead atoms. The van der Waals surface area contributed by atoms with Crippen molar-refractivity contribution in [1.29, 1.82) is 0 Å². The molecule has 2 nitrogen and oxygen atoms in total. The van der Waals surface area contributed by atoms with E-state index in [2.05, 4.69) is 12.2 Å². The van der Waals surface area contributed by atoms with E-state index >= 15 is 0 Å². The van der Waals surface area contributed by atoms with Crippen molar-refractivity contribution >= 4 is 11.8 Å². The Balaban J connectivity index is 1.73. The van der Waals surface area contributed by atoms with Crippen LogP contribution in [0.5, 0.6) is 0 Å². The van der Waals surface area contributed by atoms with Crippen molar-refractivity contribution in [2.24, 2.45) is 5.92 Å². The van der Waals surface area contributed by atoms with Gasteiger partial charge in [0.2, 0.25) is 0 Å². The van der Waals surface area contributed by atoms with Gasteiger partial charge in [-0.05, 0) is 55.2 Å². The Morgan fingerprint density at radius 1 is 1.42 bits per heavy atom. The molecule has 0 saturated carbocycles. The van der Waals surface area contributed by atoms with Crippen LogP contribution in [-0.2, 0) is 4.74 Å². The lowest BCUT2D eigenvalue weighted by Crippen LogP contribution is -2.38. The lowest BCUT2D eigenvalue weighted by Gasteiger charge is -2.30. The minimum Gasteiger partial charge on any atom is -0.381 e. The molecule has 4 heteroatoms. The third kappa shape index (κ3) is 2.96. The molecular weight excluding hydrogens is 261 g/mol. The van der Waals surface area contributed by atoms with E-state index in [4.69, 9.17) is 4.74 Å². The van der Waals surface area contributed by atoms with Gasteiger partial charge in [0.15, 0.2) is 0 Å². The molecule has 1 fully saturated rings. The molecule has 0 amide bonds. The van der Waals surface area contributed by atoms with E-state index in [1.165, 1.54) is 4.90 Å². The van der Waals surface area contributed by atoms with Gasteiger partial charge in [-0.25, -0.2) is 4.39 Å². The van der Waals surface area contributed by atoms with Gasteiger partial charge < -0.3 is 10.1 Å². The minimum absolute atomic E-state index is 0.134. The van der Waals surface area contributed by atoms with Gasteiger partial charge in [0.05, 0.1) is 6.61 Å². The van der Waals surface area contributed by atoms with Crippen LogP contribution < -0.4 is 5.32 Å². The molecule has 3 rings (SSSR count). The number of hydrogen-bond donors (Lipinski definition) is 1. The largest absolute Gasteiger partial charge is 0.381 e. The van der Waals surface area contributed by atoms with E-state index in [1.807, 2.05) is 17.8 Å². The van der Waals surface area contributed by atoms with Gasteiger partial charge in [-0.2, -0.15) is 0 Å². The first-order chi connectivity index (χ1) is 9.24. The number of fused-ring (bicyclic) bond motifs is 1. The summed E-state index contributed by atoms with van der Waals surface area (Å²) < 4.78 is 18.9. The summed E-state index contributed by atoms with van der Waals surface area (Å²) in [5, 5.41) is 3.68. The number of halogens is 1. The van der Waals surface area contributed by atoms with E-state index in [9.17, 15) is 4.39 Å². The van der Waals surface area contributed by atoms with Crippen LogP contribution in [0.3, 0.4) is 0 Å². The van der Waals surface area contributed by atoms with Crippen LogP contribution in [0.4, 0.5) is 4.39 Å². The maximum Gasteiger partial charge on any atom is 0.123 e. The maximum absolute atomic E-state index is 13.4. The Morgan fingerprint density at radius 2 is 2.32 bits per heavy atom. The highest BCUT2D eigenvalue weighted by molar-refractivity contribution is 7.99. The summed E-state index contributed by atoms with van der Waals surface area (Å²) in [5.41, 5.74) is 1.13. The summed E-state index contributed by atoms with van der Waals surface area (Å²) in [6, 6.07) is 5.86. The van der Waals surface area contributed by atoms with Crippen LogP contribution in [0.1, 0.15) is 31.4 Å². The lowest BCUT2D eigenvalue weighted by molar-refractivity contribution is 0.176. The third-order valence-corrected chi connectivity index (χ3v) is 5.27. The fourth-order valence-corrected chi connectivity index (χ4v) is 4.04. The summed E-state index contributed by atoms with van der Waals surface area (Å²) in [6.45, 7) is 3.95. The van der Waals surface area contributed by atoms with Gasteiger partial charge in [0.1, 0.15) is 5.82 Å². The Labute approximate surface area is 118 Å². The molecule has 2 aliphatic rings. The van der Waals surface area contributed by atoms with Crippen LogP contribution in [-0.4, -0.2) is 25.0 Å². The summed E-state index contributed by atoms with van der Waals surface area (Å²) in [7, 11) is 0. The number of thioether (sulfide) groups is 1. The normalized spacial score (nSPS) is 28.1. The van der Waals surface area contributed by atoms with Crippen molar-refractivity contribution < 1.29 is 9.13 Å². The molecule has 1 aromatic rings. The highest BCUT2D eigenvalue weighted by Crippen LogP contribution is 2.37. The van der Waals surface area contributed by atoms with Crippen LogP contribution >= 0.6 is 11.8 Å². The minimum atomic E-state index is -0.134. The summed E-state index contributed by atoms with van der Waals surface area (Å²) >= 11 is 1.83. The van der Waals surface area contributed by atoms with E-state index in [0.717, 1.165) is 37.4 Å². The highest BCUT2D eigenvalue weighted by atomic mass is 32.2. The van der Waals surface area contributed by atoms with Crippen molar-refractivity contribution in [2.75, 3.05) is 19.0 Å². The molecule has 0 aliphatic carbocycles. The molecule has 0 radical (unpaired) electrons. The molecule has 104 valence electrons. The SMILES string of the molecule is CC(NC1CCSc2ccc(F)cc21)C1CCOC1. The number of nitrogens with one attached hydrogen (secondary N) is 1. The summed E-state index contributed by atoms with van der Waals surface area (Å²) in [6.07, 6.45) is 2.20. The smallest absolute Gasteiger partial charge is 0.123 e. The zero-order valence-electron chi connectivity index (χ0n) is 11.2. The zero-order valence-corrected chi connectivity index (χ0v) is 12.0.